The van der Waals surface area contributed by atoms with Crippen LogP contribution in [0.4, 0.5) is 0 Å². The van der Waals surface area contributed by atoms with Crippen molar-refractivity contribution in [1.82, 2.24) is 14.9 Å². The Morgan fingerprint density at radius 2 is 1.96 bits per heavy atom. The fourth-order valence-corrected chi connectivity index (χ4v) is 2.73. The highest BCUT2D eigenvalue weighted by atomic mass is 35.5. The van der Waals surface area contributed by atoms with Crippen LogP contribution in [0, 0.1) is 6.92 Å². The van der Waals surface area contributed by atoms with Crippen molar-refractivity contribution in [3.63, 3.8) is 0 Å². The van der Waals surface area contributed by atoms with E-state index < -0.39 is 0 Å². The first-order chi connectivity index (χ1) is 11.6. The molecular weight excluding hydrogens is 347 g/mol. The van der Waals surface area contributed by atoms with Gasteiger partial charge in [-0.25, -0.2) is 4.68 Å². The summed E-state index contributed by atoms with van der Waals surface area (Å²) in [4.78, 5) is 0. The zero-order chi connectivity index (χ0) is 16.9. The molecule has 0 saturated carbocycles. The smallest absolute Gasteiger partial charge is 0.147 e. The molecule has 0 atom stereocenters. The molecule has 1 heterocycles. The molecule has 0 aliphatic carbocycles. The Bertz CT molecular complexity index is 863. The molecular formula is C17H14Cl2N4O. The van der Waals surface area contributed by atoms with Gasteiger partial charge in [0.25, 0.3) is 0 Å². The lowest BCUT2D eigenvalue weighted by Crippen LogP contribution is -2.00. The molecule has 2 aromatic carbocycles. The van der Waals surface area contributed by atoms with E-state index in [0.29, 0.717) is 28.0 Å². The maximum atomic E-state index is 6.29. The molecule has 3 aromatic rings. The molecule has 7 heteroatoms. The molecule has 0 fully saturated rings. The molecule has 122 valence electrons. The normalized spacial score (nSPS) is 11.1. The fourth-order valence-electron chi connectivity index (χ4n) is 2.17. The monoisotopic (exact) mass is 360 g/mol. The minimum absolute atomic E-state index is 0.399. The second-order valence-electron chi connectivity index (χ2n) is 5.17. The molecule has 0 radical (unpaired) electrons. The van der Waals surface area contributed by atoms with Gasteiger partial charge in [-0.3, -0.25) is 0 Å². The van der Waals surface area contributed by atoms with Gasteiger partial charge in [-0.05, 0) is 24.6 Å². The number of aromatic nitrogens is 3. The van der Waals surface area contributed by atoms with Crippen molar-refractivity contribution < 1.29 is 4.74 Å². The third-order valence-electron chi connectivity index (χ3n) is 3.24. The second kappa shape index (κ2) is 7.47. The van der Waals surface area contributed by atoms with E-state index in [4.69, 9.17) is 27.9 Å². The number of benzene rings is 2. The van der Waals surface area contributed by atoms with Gasteiger partial charge in [0, 0.05) is 10.6 Å². The summed E-state index contributed by atoms with van der Waals surface area (Å²) in [5.74, 6) is 0.527. The van der Waals surface area contributed by atoms with Crippen molar-refractivity contribution in [3.8, 4) is 5.75 Å². The van der Waals surface area contributed by atoms with E-state index in [1.165, 1.54) is 22.9 Å². The quantitative estimate of drug-likeness (QED) is 0.635. The molecule has 24 heavy (non-hydrogen) atoms. The SMILES string of the molecule is Cc1cccc(COc2c(Cl)cc(Cl)cc2/C=N/n2cnnc2)c1. The summed E-state index contributed by atoms with van der Waals surface area (Å²) in [6.07, 6.45) is 4.57. The Kier molecular flexibility index (Phi) is 5.13. The van der Waals surface area contributed by atoms with Crippen LogP contribution in [0.5, 0.6) is 5.75 Å². The molecule has 0 aliphatic heterocycles. The number of nitrogens with zero attached hydrogens (tertiary/aromatic N) is 4. The zero-order valence-corrected chi connectivity index (χ0v) is 14.4. The summed E-state index contributed by atoms with van der Waals surface area (Å²) in [5, 5.41) is 12.5. The van der Waals surface area contributed by atoms with Crippen molar-refractivity contribution >= 4 is 29.4 Å². The largest absolute Gasteiger partial charge is 0.487 e. The van der Waals surface area contributed by atoms with Crippen molar-refractivity contribution in [3.05, 3.63) is 75.8 Å². The Balaban J connectivity index is 1.85. The van der Waals surface area contributed by atoms with Gasteiger partial charge in [0.05, 0.1) is 11.2 Å². The maximum Gasteiger partial charge on any atom is 0.147 e. The average Bonchev–Trinajstić information content (AvgIpc) is 3.05. The third-order valence-corrected chi connectivity index (χ3v) is 3.74. The topological polar surface area (TPSA) is 52.3 Å². The number of hydrogen-bond acceptors (Lipinski definition) is 4. The number of ether oxygens (including phenoxy) is 1. The molecule has 1 aromatic heterocycles. The fraction of sp³-hybridized carbons (Fsp3) is 0.118. The molecule has 0 saturated heterocycles. The number of aryl methyl sites for hydroxylation is 1. The van der Waals surface area contributed by atoms with E-state index in [9.17, 15) is 0 Å². The first-order valence-corrected chi connectivity index (χ1v) is 7.94. The number of halogens is 2. The summed E-state index contributed by atoms with van der Waals surface area (Å²) >= 11 is 12.4. The highest BCUT2D eigenvalue weighted by molar-refractivity contribution is 6.36. The van der Waals surface area contributed by atoms with Gasteiger partial charge in [0.1, 0.15) is 25.0 Å². The first kappa shape index (κ1) is 16.5. The van der Waals surface area contributed by atoms with Gasteiger partial charge in [0.15, 0.2) is 0 Å². The number of hydrogen-bond donors (Lipinski definition) is 0. The van der Waals surface area contributed by atoms with Crippen LogP contribution in [0.25, 0.3) is 0 Å². The van der Waals surface area contributed by atoms with Crippen LogP contribution in [0.15, 0.2) is 54.2 Å². The van der Waals surface area contributed by atoms with E-state index in [1.807, 2.05) is 25.1 Å². The minimum Gasteiger partial charge on any atom is -0.487 e. The van der Waals surface area contributed by atoms with Gasteiger partial charge in [-0.2, -0.15) is 5.10 Å². The molecule has 0 aliphatic rings. The van der Waals surface area contributed by atoms with Crippen LogP contribution in [-0.2, 0) is 6.61 Å². The predicted octanol–water partition coefficient (Wildman–Crippen LogP) is 4.35. The predicted molar refractivity (Wildman–Crippen MR) is 95.0 cm³/mol. The second-order valence-corrected chi connectivity index (χ2v) is 6.01. The molecule has 0 amide bonds. The molecule has 0 N–H and O–H groups in total. The Hall–Kier alpha value is -2.37. The lowest BCUT2D eigenvalue weighted by atomic mass is 10.1. The van der Waals surface area contributed by atoms with Gasteiger partial charge >= 0.3 is 0 Å². The van der Waals surface area contributed by atoms with E-state index in [0.717, 1.165) is 5.56 Å². The molecule has 0 spiro atoms. The van der Waals surface area contributed by atoms with Gasteiger partial charge < -0.3 is 4.74 Å². The van der Waals surface area contributed by atoms with E-state index in [1.54, 1.807) is 18.3 Å². The lowest BCUT2D eigenvalue weighted by molar-refractivity contribution is 0.306. The lowest BCUT2D eigenvalue weighted by Gasteiger charge is -2.12. The Labute approximate surface area is 149 Å². The molecule has 0 bridgehead atoms. The molecule has 3 rings (SSSR count). The van der Waals surface area contributed by atoms with Crippen LogP contribution in [0.1, 0.15) is 16.7 Å². The van der Waals surface area contributed by atoms with Crippen LogP contribution < -0.4 is 4.74 Å². The maximum absolute atomic E-state index is 6.29. The molecule has 0 unspecified atom stereocenters. The van der Waals surface area contributed by atoms with Crippen LogP contribution >= 0.6 is 23.2 Å². The van der Waals surface area contributed by atoms with E-state index >= 15 is 0 Å². The highest BCUT2D eigenvalue weighted by Gasteiger charge is 2.10. The Morgan fingerprint density at radius 3 is 2.71 bits per heavy atom. The van der Waals surface area contributed by atoms with Gasteiger partial charge in [-0.1, -0.05) is 53.0 Å². The summed E-state index contributed by atoms with van der Waals surface area (Å²) in [6, 6.07) is 11.5. The number of rotatable bonds is 5. The standard InChI is InChI=1S/C17H14Cl2N4O/c1-12-3-2-4-13(5-12)9-24-17-14(6-15(18)7-16(17)19)8-22-23-10-20-21-11-23/h2-8,10-11H,9H2,1H3/b22-8+. The van der Waals surface area contributed by atoms with Crippen molar-refractivity contribution in [2.75, 3.05) is 0 Å². The summed E-state index contributed by atoms with van der Waals surface area (Å²) in [7, 11) is 0. The summed E-state index contributed by atoms with van der Waals surface area (Å²) in [5.41, 5.74) is 2.91. The average molecular weight is 361 g/mol. The van der Waals surface area contributed by atoms with Crippen LogP contribution in [0.3, 0.4) is 0 Å². The van der Waals surface area contributed by atoms with E-state index in [2.05, 4.69) is 21.4 Å². The van der Waals surface area contributed by atoms with Gasteiger partial charge in [-0.15, -0.1) is 10.2 Å². The third kappa shape index (κ3) is 4.13. The minimum atomic E-state index is 0.399. The highest BCUT2D eigenvalue weighted by Crippen LogP contribution is 2.32. The van der Waals surface area contributed by atoms with Gasteiger partial charge in [0.2, 0.25) is 0 Å². The first-order valence-electron chi connectivity index (χ1n) is 7.18. The van der Waals surface area contributed by atoms with Crippen LogP contribution in [0.2, 0.25) is 10.0 Å². The van der Waals surface area contributed by atoms with Crippen molar-refractivity contribution in [1.29, 1.82) is 0 Å². The molecule has 5 nitrogen and oxygen atoms in total. The van der Waals surface area contributed by atoms with Crippen LogP contribution in [-0.4, -0.2) is 21.1 Å². The zero-order valence-electron chi connectivity index (χ0n) is 12.9. The summed E-state index contributed by atoms with van der Waals surface area (Å²) < 4.78 is 7.38. The van der Waals surface area contributed by atoms with E-state index in [-0.39, 0.29) is 0 Å². The van der Waals surface area contributed by atoms with Crippen molar-refractivity contribution in [2.45, 2.75) is 13.5 Å². The Morgan fingerprint density at radius 1 is 1.17 bits per heavy atom. The van der Waals surface area contributed by atoms with Crippen molar-refractivity contribution in [2.24, 2.45) is 5.10 Å². The summed E-state index contributed by atoms with van der Waals surface area (Å²) in [6.45, 7) is 2.44.